The summed E-state index contributed by atoms with van der Waals surface area (Å²) in [6, 6.07) is 0.977. The van der Waals surface area contributed by atoms with Gasteiger partial charge in [0.1, 0.15) is 6.10 Å². The molecule has 0 aliphatic carbocycles. The van der Waals surface area contributed by atoms with Gasteiger partial charge in [0.05, 0.1) is 18.0 Å². The molecule has 1 aromatic heterocycles. The van der Waals surface area contributed by atoms with Crippen LogP contribution >= 0.6 is 36.1 Å². The van der Waals surface area contributed by atoms with Gasteiger partial charge in [-0.3, -0.25) is 18.9 Å². The second-order valence-corrected chi connectivity index (χ2v) is 10.5. The van der Waals surface area contributed by atoms with Crippen molar-refractivity contribution < 1.29 is 56.3 Å². The van der Waals surface area contributed by atoms with Crippen LogP contribution in [0.5, 0.6) is 0 Å². The number of aromatic nitrogens is 2. The molecule has 1 aliphatic rings. The summed E-state index contributed by atoms with van der Waals surface area (Å²) in [4.78, 5) is 60.2. The lowest BCUT2D eigenvalue weighted by atomic mass is 10.2. The Morgan fingerprint density at radius 3 is 2.31 bits per heavy atom. The molecule has 6 atom stereocenters. The highest BCUT2D eigenvalue weighted by Crippen LogP contribution is 2.66. The molecule has 2 unspecified atom stereocenters. The number of phosphoric ester groups is 1. The summed E-state index contributed by atoms with van der Waals surface area (Å²) in [5.74, 6) is 0. The highest BCUT2D eigenvalue weighted by molar-refractivity contribution is 7.81. The van der Waals surface area contributed by atoms with Gasteiger partial charge in [-0.15, -0.1) is 0 Å². The van der Waals surface area contributed by atoms with Crippen LogP contribution in [0.2, 0.25) is 0 Å². The van der Waals surface area contributed by atoms with Gasteiger partial charge in [0.25, 0.3) is 5.56 Å². The first-order valence-electron chi connectivity index (χ1n) is 7.22. The summed E-state index contributed by atoms with van der Waals surface area (Å²) in [7, 11) is -16.6. The van der Waals surface area contributed by atoms with E-state index in [1.54, 1.807) is 0 Å². The van der Waals surface area contributed by atoms with Crippen molar-refractivity contribution in [1.82, 2.24) is 9.55 Å². The standard InChI is InChI=1S/C9H15N2O14P3S/c12-5-1-2-11(9(14)10-5)8-6(13)7(29)4(23-8)3-22-27(18,19)25-28(20,21)24-26(15,16)17/h1-2,4,6-8,13,29H,3H2,(H,18,19)(H,20,21)(H,10,12,14)(H2,15,16,17)/t4-,6+,7-,8-/m1/s1. The highest BCUT2D eigenvalue weighted by atomic mass is 32.1. The maximum Gasteiger partial charge on any atom is 0.490 e. The number of H-pyrrole nitrogens is 1. The molecule has 0 spiro atoms. The van der Waals surface area contributed by atoms with E-state index in [9.17, 15) is 33.3 Å². The molecule has 0 saturated carbocycles. The molecular formula is C9H15N2O14P3S. The Bertz CT molecular complexity index is 1000. The zero-order valence-electron chi connectivity index (χ0n) is 13.8. The minimum absolute atomic E-state index is 0.703. The van der Waals surface area contributed by atoms with E-state index in [2.05, 4.69) is 25.8 Å². The molecule has 16 nitrogen and oxygen atoms in total. The van der Waals surface area contributed by atoms with Crippen molar-refractivity contribution in [2.45, 2.75) is 23.7 Å². The third-order valence-electron chi connectivity index (χ3n) is 3.28. The van der Waals surface area contributed by atoms with Crippen molar-refractivity contribution in [1.29, 1.82) is 0 Å². The van der Waals surface area contributed by atoms with Crippen LogP contribution in [0.25, 0.3) is 0 Å². The Kier molecular flexibility index (Phi) is 7.51. The first kappa shape index (κ1) is 24.6. The van der Waals surface area contributed by atoms with Crippen LogP contribution in [0, 0.1) is 0 Å². The normalized spacial score (nSPS) is 29.3. The number of nitrogens with one attached hydrogen (secondary N) is 1. The van der Waals surface area contributed by atoms with E-state index in [0.717, 1.165) is 16.8 Å². The maximum atomic E-state index is 11.8. The van der Waals surface area contributed by atoms with Crippen molar-refractivity contribution in [3.63, 3.8) is 0 Å². The van der Waals surface area contributed by atoms with Gasteiger partial charge in [-0.25, -0.2) is 18.5 Å². The number of rotatable bonds is 8. The Morgan fingerprint density at radius 1 is 1.14 bits per heavy atom. The zero-order valence-corrected chi connectivity index (χ0v) is 17.4. The summed E-state index contributed by atoms with van der Waals surface area (Å²) in [5, 5.41) is 9.06. The van der Waals surface area contributed by atoms with Gasteiger partial charge in [0.2, 0.25) is 0 Å². The van der Waals surface area contributed by atoms with Crippen molar-refractivity contribution in [3.05, 3.63) is 33.1 Å². The van der Waals surface area contributed by atoms with Crippen LogP contribution in [-0.2, 0) is 31.6 Å². The first-order chi connectivity index (χ1) is 13.1. The van der Waals surface area contributed by atoms with Gasteiger partial charge >= 0.3 is 29.2 Å². The Hall–Kier alpha value is -0.640. The van der Waals surface area contributed by atoms with Crippen LogP contribution < -0.4 is 11.2 Å². The molecule has 1 aliphatic heterocycles. The third kappa shape index (κ3) is 6.94. The van der Waals surface area contributed by atoms with E-state index in [1.807, 2.05) is 4.98 Å². The predicted molar refractivity (Wildman–Crippen MR) is 93.8 cm³/mol. The second-order valence-electron chi connectivity index (χ2n) is 5.45. The predicted octanol–water partition coefficient (Wildman–Crippen LogP) is -1.56. The Morgan fingerprint density at radius 2 is 1.76 bits per heavy atom. The van der Waals surface area contributed by atoms with Crippen LogP contribution in [0.3, 0.4) is 0 Å². The monoisotopic (exact) mass is 500 g/mol. The number of hydrogen-bond donors (Lipinski definition) is 7. The third-order valence-corrected chi connectivity index (χ3v) is 7.72. The molecule has 2 rings (SSSR count). The fourth-order valence-electron chi connectivity index (χ4n) is 2.20. The molecule has 0 amide bonds. The molecule has 0 aromatic carbocycles. The van der Waals surface area contributed by atoms with Gasteiger partial charge in [-0.1, -0.05) is 0 Å². The average molecular weight is 500 g/mol. The largest absolute Gasteiger partial charge is 0.490 e. The topological polar surface area (TPSA) is 244 Å². The molecule has 2 heterocycles. The number of phosphoric acid groups is 3. The number of nitrogens with zero attached hydrogens (tertiary/aromatic N) is 1. The molecule has 0 radical (unpaired) electrons. The average Bonchev–Trinajstić information content (AvgIpc) is 2.78. The van der Waals surface area contributed by atoms with Crippen molar-refractivity contribution in [2.24, 2.45) is 0 Å². The number of aliphatic hydroxyl groups excluding tert-OH is 1. The van der Waals surface area contributed by atoms with Crippen molar-refractivity contribution in [2.75, 3.05) is 6.61 Å². The van der Waals surface area contributed by atoms with Crippen LogP contribution in [0.15, 0.2) is 21.9 Å². The summed E-state index contributed by atoms with van der Waals surface area (Å²) in [6.07, 6.45) is -3.05. The number of ether oxygens (including phenoxy) is 1. The Balaban J connectivity index is 2.06. The van der Waals surface area contributed by atoms with Gasteiger partial charge in [-0.05, 0) is 0 Å². The summed E-state index contributed by atoms with van der Waals surface area (Å²) < 4.78 is 51.2. The lowest BCUT2D eigenvalue weighted by Crippen LogP contribution is -2.36. The molecule has 1 fully saturated rings. The minimum Gasteiger partial charge on any atom is -0.387 e. The van der Waals surface area contributed by atoms with Gasteiger partial charge < -0.3 is 29.4 Å². The van der Waals surface area contributed by atoms with Crippen molar-refractivity contribution >= 4 is 36.1 Å². The second kappa shape index (κ2) is 8.85. The maximum absolute atomic E-state index is 11.8. The van der Waals surface area contributed by atoms with Crippen LogP contribution in [0.1, 0.15) is 6.23 Å². The fraction of sp³-hybridized carbons (Fsp3) is 0.556. The summed E-state index contributed by atoms with van der Waals surface area (Å²) in [6.45, 7) is -0.872. The smallest absolute Gasteiger partial charge is 0.387 e. The Labute approximate surface area is 165 Å². The lowest BCUT2D eigenvalue weighted by Gasteiger charge is -2.19. The quantitative estimate of drug-likeness (QED) is 0.158. The van der Waals surface area contributed by atoms with Crippen LogP contribution in [-0.4, -0.2) is 58.3 Å². The molecule has 166 valence electrons. The van der Waals surface area contributed by atoms with E-state index in [4.69, 9.17) is 19.4 Å². The first-order valence-corrected chi connectivity index (χ1v) is 12.3. The lowest BCUT2D eigenvalue weighted by molar-refractivity contribution is -0.0524. The van der Waals surface area contributed by atoms with E-state index in [0.29, 0.717) is 0 Å². The van der Waals surface area contributed by atoms with E-state index < -0.39 is 65.0 Å². The molecule has 29 heavy (non-hydrogen) atoms. The number of aliphatic hydroxyl groups is 1. The highest BCUT2D eigenvalue weighted by Gasteiger charge is 2.46. The van der Waals surface area contributed by atoms with Crippen molar-refractivity contribution in [3.8, 4) is 0 Å². The minimum atomic E-state index is -5.69. The summed E-state index contributed by atoms with van der Waals surface area (Å²) in [5.41, 5.74) is -1.62. The number of thiol groups is 1. The SMILES string of the molecule is O=c1ccn([C@@H]2O[C@H](COP(=O)(O)OP(=O)(O)OP(=O)(O)O)[C@@H](S)[C@@H]2O)c(=O)[nH]1. The molecule has 6 N–H and O–H groups in total. The van der Waals surface area contributed by atoms with E-state index in [1.165, 1.54) is 0 Å². The van der Waals surface area contributed by atoms with Gasteiger partial charge in [-0.2, -0.15) is 21.3 Å². The molecule has 0 bridgehead atoms. The molecular weight excluding hydrogens is 485 g/mol. The summed E-state index contributed by atoms with van der Waals surface area (Å²) >= 11 is 4.03. The van der Waals surface area contributed by atoms with Gasteiger partial charge in [0.15, 0.2) is 6.23 Å². The van der Waals surface area contributed by atoms with Gasteiger partial charge in [0, 0.05) is 12.3 Å². The number of aromatic amines is 1. The molecule has 20 heteroatoms. The van der Waals surface area contributed by atoms with E-state index >= 15 is 0 Å². The van der Waals surface area contributed by atoms with Crippen LogP contribution in [0.4, 0.5) is 0 Å². The number of hydrogen-bond acceptors (Lipinski definition) is 11. The van der Waals surface area contributed by atoms with E-state index in [-0.39, 0.29) is 0 Å². The fourth-order valence-corrected chi connectivity index (χ4v) is 5.53. The zero-order chi connectivity index (χ0) is 22.2. The molecule has 1 saturated heterocycles. The molecule has 1 aromatic rings.